The molecule has 0 rings (SSSR count). The zero-order valence-electron chi connectivity index (χ0n) is 19.3. The van der Waals surface area contributed by atoms with Gasteiger partial charge in [-0.2, -0.15) is 0 Å². The van der Waals surface area contributed by atoms with Crippen molar-refractivity contribution >= 4 is 11.9 Å². The number of esters is 1. The molecule has 6 heteroatoms. The van der Waals surface area contributed by atoms with E-state index in [4.69, 9.17) is 4.74 Å². The molecule has 29 heavy (non-hydrogen) atoms. The third-order valence-corrected chi connectivity index (χ3v) is 5.27. The smallest absolute Gasteiger partial charge is 0.312 e. The number of nitrogens with zero attached hydrogens (tertiary/aromatic N) is 1. The standard InChI is InChI=1S/C23H45NO5/c1-5-6-7-8-9-10-11-12-13-14-15-16-20(25)19-23(28)29-21(24(2,3)4)17-18-22(26)27/h20-21,25H,5-19H2,1-4H3/t20?,21-/m0/s1. The van der Waals surface area contributed by atoms with Gasteiger partial charge in [-0.05, 0) is 12.8 Å². The molecule has 0 aliphatic rings. The third-order valence-electron chi connectivity index (χ3n) is 5.27. The second-order valence-electron chi connectivity index (χ2n) is 9.15. The second kappa shape index (κ2) is 16.6. The third kappa shape index (κ3) is 17.4. The second-order valence-corrected chi connectivity index (χ2v) is 9.15. The van der Waals surface area contributed by atoms with Crippen LogP contribution in [0.25, 0.3) is 0 Å². The van der Waals surface area contributed by atoms with Crippen LogP contribution in [0.15, 0.2) is 0 Å². The SMILES string of the molecule is CCCCCCCCCCCCCC(O)CC(=O)O[C@@H](CCC(=O)[O-])[N+](C)(C)C. The van der Waals surface area contributed by atoms with Crippen LogP contribution in [0.5, 0.6) is 0 Å². The summed E-state index contributed by atoms with van der Waals surface area (Å²) in [6, 6.07) is 0. The summed E-state index contributed by atoms with van der Waals surface area (Å²) in [5.41, 5.74) is 0. The summed E-state index contributed by atoms with van der Waals surface area (Å²) in [6.45, 7) is 2.24. The van der Waals surface area contributed by atoms with E-state index in [0.29, 0.717) is 10.9 Å². The Morgan fingerprint density at radius 2 is 1.34 bits per heavy atom. The van der Waals surface area contributed by atoms with Gasteiger partial charge in [-0.15, -0.1) is 0 Å². The molecule has 0 aromatic carbocycles. The van der Waals surface area contributed by atoms with Gasteiger partial charge in [-0.25, -0.2) is 0 Å². The van der Waals surface area contributed by atoms with E-state index in [1.54, 1.807) is 0 Å². The van der Waals surface area contributed by atoms with Crippen LogP contribution in [-0.2, 0) is 14.3 Å². The molecule has 172 valence electrons. The highest BCUT2D eigenvalue weighted by Gasteiger charge is 2.28. The molecular formula is C23H45NO5. The molecule has 0 aliphatic carbocycles. The van der Waals surface area contributed by atoms with Crippen LogP contribution in [0.4, 0.5) is 0 Å². The van der Waals surface area contributed by atoms with Crippen LogP contribution in [0.2, 0.25) is 0 Å². The van der Waals surface area contributed by atoms with Crippen LogP contribution < -0.4 is 5.11 Å². The Hall–Kier alpha value is -1.14. The zero-order valence-corrected chi connectivity index (χ0v) is 19.3. The lowest BCUT2D eigenvalue weighted by Gasteiger charge is -2.33. The molecule has 0 aromatic rings. The topological polar surface area (TPSA) is 86.7 Å². The summed E-state index contributed by atoms with van der Waals surface area (Å²) < 4.78 is 5.74. The first-order chi connectivity index (χ1) is 13.7. The average Bonchev–Trinajstić information content (AvgIpc) is 2.62. The number of carbonyl (C=O) groups excluding carboxylic acids is 2. The Morgan fingerprint density at radius 3 is 1.79 bits per heavy atom. The van der Waals surface area contributed by atoms with E-state index >= 15 is 0 Å². The Balaban J connectivity index is 3.83. The highest BCUT2D eigenvalue weighted by molar-refractivity contribution is 5.70. The van der Waals surface area contributed by atoms with E-state index in [-0.39, 0.29) is 19.3 Å². The summed E-state index contributed by atoms with van der Waals surface area (Å²) in [4.78, 5) is 22.8. The van der Waals surface area contributed by atoms with E-state index in [9.17, 15) is 19.8 Å². The van der Waals surface area contributed by atoms with Crippen molar-refractivity contribution in [1.29, 1.82) is 0 Å². The number of quaternary nitrogens is 1. The molecule has 1 unspecified atom stereocenters. The normalized spacial score (nSPS) is 13.8. The molecule has 0 saturated carbocycles. The highest BCUT2D eigenvalue weighted by atomic mass is 16.6. The maximum absolute atomic E-state index is 12.1. The van der Waals surface area contributed by atoms with E-state index in [0.717, 1.165) is 12.8 Å². The predicted octanol–water partition coefficient (Wildman–Crippen LogP) is 3.54. The first-order valence-corrected chi connectivity index (χ1v) is 11.5. The molecule has 6 nitrogen and oxygen atoms in total. The molecule has 0 bridgehead atoms. The number of carboxylic acids is 1. The maximum Gasteiger partial charge on any atom is 0.312 e. The van der Waals surface area contributed by atoms with Crippen LogP contribution >= 0.6 is 0 Å². The Morgan fingerprint density at radius 1 is 0.862 bits per heavy atom. The summed E-state index contributed by atoms with van der Waals surface area (Å²) in [5.74, 6) is -1.63. The number of carboxylic acid groups (broad SMARTS) is 1. The molecule has 0 saturated heterocycles. The monoisotopic (exact) mass is 415 g/mol. The average molecular weight is 416 g/mol. The zero-order chi connectivity index (χ0) is 22.1. The maximum atomic E-state index is 12.1. The van der Waals surface area contributed by atoms with Crippen molar-refractivity contribution in [3.05, 3.63) is 0 Å². The molecule has 0 aliphatic heterocycles. The van der Waals surface area contributed by atoms with Crippen LogP contribution in [0.3, 0.4) is 0 Å². The minimum atomic E-state index is -1.16. The number of aliphatic hydroxyl groups is 1. The van der Waals surface area contributed by atoms with Crippen LogP contribution in [-0.4, -0.2) is 55.0 Å². The van der Waals surface area contributed by atoms with Crippen molar-refractivity contribution < 1.29 is 29.0 Å². The Kier molecular flexibility index (Phi) is 16.0. The van der Waals surface area contributed by atoms with E-state index < -0.39 is 24.3 Å². The largest absolute Gasteiger partial charge is 0.550 e. The van der Waals surface area contributed by atoms with E-state index in [1.165, 1.54) is 57.8 Å². The molecule has 0 fully saturated rings. The number of ether oxygens (including phenoxy) is 1. The predicted molar refractivity (Wildman–Crippen MR) is 114 cm³/mol. The van der Waals surface area contributed by atoms with E-state index in [1.807, 2.05) is 21.1 Å². The van der Waals surface area contributed by atoms with Crippen molar-refractivity contribution in [3.8, 4) is 0 Å². The summed E-state index contributed by atoms with van der Waals surface area (Å²) >= 11 is 0. The van der Waals surface area contributed by atoms with Gasteiger partial charge < -0.3 is 19.7 Å². The molecule has 2 atom stereocenters. The minimum absolute atomic E-state index is 0.0421. The van der Waals surface area contributed by atoms with Gasteiger partial charge in [0.05, 0.1) is 33.7 Å². The minimum Gasteiger partial charge on any atom is -0.550 e. The van der Waals surface area contributed by atoms with Gasteiger partial charge in [-0.3, -0.25) is 9.28 Å². The number of carbonyl (C=O) groups is 2. The molecule has 1 N–H and O–H groups in total. The number of unbranched alkanes of at least 4 members (excludes halogenated alkanes) is 10. The van der Waals surface area contributed by atoms with Crippen LogP contribution in [0, 0.1) is 0 Å². The number of aliphatic hydroxyl groups excluding tert-OH is 1. The quantitative estimate of drug-likeness (QED) is 0.151. The fraction of sp³-hybridized carbons (Fsp3) is 0.913. The van der Waals surface area contributed by atoms with Gasteiger partial charge >= 0.3 is 5.97 Å². The number of aliphatic carboxylic acids is 1. The number of hydrogen-bond acceptors (Lipinski definition) is 5. The molecule has 0 spiro atoms. The van der Waals surface area contributed by atoms with Gasteiger partial charge in [0.2, 0.25) is 6.23 Å². The van der Waals surface area contributed by atoms with E-state index in [2.05, 4.69) is 6.92 Å². The fourth-order valence-electron chi connectivity index (χ4n) is 3.38. The Bertz CT molecular complexity index is 433. The van der Waals surface area contributed by atoms with Gasteiger partial charge in [0.25, 0.3) is 0 Å². The lowest BCUT2D eigenvalue weighted by Crippen LogP contribution is -2.48. The summed E-state index contributed by atoms with van der Waals surface area (Å²) in [6.07, 6.45) is 13.1. The van der Waals surface area contributed by atoms with Crippen molar-refractivity contribution in [2.75, 3.05) is 21.1 Å². The van der Waals surface area contributed by atoms with Gasteiger partial charge in [-0.1, -0.05) is 77.6 Å². The van der Waals surface area contributed by atoms with Crippen molar-refractivity contribution in [1.82, 2.24) is 0 Å². The molecular weight excluding hydrogens is 370 g/mol. The summed E-state index contributed by atoms with van der Waals surface area (Å²) in [7, 11) is 5.53. The number of hydrogen-bond donors (Lipinski definition) is 1. The fourth-order valence-corrected chi connectivity index (χ4v) is 3.38. The van der Waals surface area contributed by atoms with Crippen molar-refractivity contribution in [3.63, 3.8) is 0 Å². The lowest BCUT2D eigenvalue weighted by atomic mass is 10.0. The first-order valence-electron chi connectivity index (χ1n) is 11.5. The number of rotatable bonds is 19. The lowest BCUT2D eigenvalue weighted by molar-refractivity contribution is -0.917. The first kappa shape index (κ1) is 27.9. The van der Waals surface area contributed by atoms with Gasteiger partial charge in [0.15, 0.2) is 0 Å². The van der Waals surface area contributed by atoms with Gasteiger partial charge in [0, 0.05) is 12.4 Å². The van der Waals surface area contributed by atoms with Gasteiger partial charge in [0.1, 0.15) is 0 Å². The van der Waals surface area contributed by atoms with Crippen molar-refractivity contribution in [2.24, 2.45) is 0 Å². The Labute approximate surface area is 178 Å². The molecule has 0 heterocycles. The molecule has 0 amide bonds. The highest BCUT2D eigenvalue weighted by Crippen LogP contribution is 2.16. The summed E-state index contributed by atoms with van der Waals surface area (Å²) in [5, 5.41) is 20.8. The van der Waals surface area contributed by atoms with Crippen molar-refractivity contribution in [2.45, 2.75) is 116 Å². The van der Waals surface area contributed by atoms with Crippen LogP contribution in [0.1, 0.15) is 103 Å². The molecule has 0 radical (unpaired) electrons. The molecule has 0 aromatic heterocycles.